The van der Waals surface area contributed by atoms with E-state index >= 15 is 0 Å². The largest absolute Gasteiger partial charge is 0.410 e. The van der Waals surface area contributed by atoms with Crippen molar-refractivity contribution in [2.75, 3.05) is 52.4 Å². The molecule has 0 bridgehead atoms. The Bertz CT molecular complexity index is 555. The van der Waals surface area contributed by atoms with Gasteiger partial charge in [0.2, 0.25) is 11.0 Å². The fourth-order valence-electron chi connectivity index (χ4n) is 1.41. The summed E-state index contributed by atoms with van der Waals surface area (Å²) in [5, 5.41) is 30.2. The van der Waals surface area contributed by atoms with E-state index in [1.54, 1.807) is 14.2 Å². The third kappa shape index (κ3) is 8.06. The molecule has 0 aliphatic carbocycles. The minimum atomic E-state index is -0.189. The molecule has 1 aromatic rings. The van der Waals surface area contributed by atoms with E-state index in [0.717, 1.165) is 0 Å². The van der Waals surface area contributed by atoms with Crippen LogP contribution in [-0.4, -0.2) is 84.0 Å². The van der Waals surface area contributed by atoms with Crippen molar-refractivity contribution < 1.29 is 29.5 Å². The van der Waals surface area contributed by atoms with Gasteiger partial charge in [-0.2, -0.15) is 4.94 Å². The van der Waals surface area contributed by atoms with Gasteiger partial charge in [0.15, 0.2) is 5.69 Å². The summed E-state index contributed by atoms with van der Waals surface area (Å²) in [7, 11) is 3.18. The maximum Gasteiger partial charge on any atom is 0.201 e. The quantitative estimate of drug-likeness (QED) is 0.202. The van der Waals surface area contributed by atoms with Crippen molar-refractivity contribution in [1.29, 1.82) is 0 Å². The number of hydroxylamine groups is 3. The summed E-state index contributed by atoms with van der Waals surface area (Å²) in [6.07, 6.45) is 0. The molecule has 142 valence electrons. The number of aliphatic imine (C=N–C) groups is 1. The van der Waals surface area contributed by atoms with Crippen LogP contribution < -0.4 is 10.8 Å². The number of anilines is 1. The average Bonchev–Trinajstić information content (AvgIpc) is 3.24. The maximum atomic E-state index is 8.69. The molecule has 4 N–H and O–H groups in total. The molecule has 1 saturated heterocycles. The number of methoxy groups -OCH3 is 2. The second-order valence-corrected chi connectivity index (χ2v) is 4.65. The molecular weight excluding hydrogens is 362 g/mol. The van der Waals surface area contributed by atoms with Crippen LogP contribution in [0.5, 0.6) is 0 Å². The molecule has 14 heteroatoms. The number of rotatable bonds is 8. The van der Waals surface area contributed by atoms with E-state index in [9.17, 15) is 0 Å². The Hall–Kier alpha value is -2.03. The van der Waals surface area contributed by atoms with Crippen LogP contribution in [-0.2, 0) is 14.4 Å². The normalized spacial score (nSPS) is 16.5. The molecule has 1 aromatic heterocycles. The highest BCUT2D eigenvalue weighted by molar-refractivity contribution is 6.69. The smallest absolute Gasteiger partial charge is 0.201 e. The molecule has 1 aliphatic rings. The van der Waals surface area contributed by atoms with Crippen molar-refractivity contribution in [2.45, 2.75) is 0 Å². The van der Waals surface area contributed by atoms with Gasteiger partial charge in [0.25, 0.3) is 0 Å². The topological polar surface area (TPSA) is 159 Å². The first-order valence-corrected chi connectivity index (χ1v) is 7.35. The summed E-state index contributed by atoms with van der Waals surface area (Å²) in [6.45, 7) is 2.42. The first-order chi connectivity index (χ1) is 12.1. The van der Waals surface area contributed by atoms with E-state index in [-0.39, 0.29) is 17.4 Å². The Morgan fingerprint density at radius 1 is 1.40 bits per heavy atom. The predicted octanol–water partition coefficient (Wildman–Crippen LogP) is -0.325. The van der Waals surface area contributed by atoms with Crippen molar-refractivity contribution in [3.63, 3.8) is 0 Å². The number of halogens is 1. The monoisotopic (exact) mass is 381 g/mol. The van der Waals surface area contributed by atoms with Crippen molar-refractivity contribution in [3.05, 3.63) is 5.69 Å². The highest BCUT2D eigenvalue weighted by atomic mass is 35.5. The summed E-state index contributed by atoms with van der Waals surface area (Å²) in [5.41, 5.74) is 2.59. The van der Waals surface area contributed by atoms with E-state index < -0.39 is 0 Å². The number of nitrogens with one attached hydrogen (secondary N) is 2. The van der Waals surface area contributed by atoms with Crippen LogP contribution in [0.1, 0.15) is 5.69 Å². The fourth-order valence-corrected chi connectivity index (χ4v) is 1.53. The van der Waals surface area contributed by atoms with Gasteiger partial charge >= 0.3 is 0 Å². The Morgan fingerprint density at radius 2 is 2.16 bits per heavy atom. The van der Waals surface area contributed by atoms with E-state index in [1.165, 1.54) is 0 Å². The van der Waals surface area contributed by atoms with Crippen LogP contribution in [0.3, 0.4) is 0 Å². The summed E-state index contributed by atoms with van der Waals surface area (Å²) in [5.74, 6) is 0.911. The minimum absolute atomic E-state index is 0.158. The Labute approximate surface area is 148 Å². The van der Waals surface area contributed by atoms with Crippen LogP contribution in [0, 0.1) is 0 Å². The van der Waals surface area contributed by atoms with Gasteiger partial charge < -0.3 is 20.0 Å². The van der Waals surface area contributed by atoms with E-state index in [1.807, 2.05) is 0 Å². The molecule has 25 heavy (non-hydrogen) atoms. The molecular formula is C11H20ClN7O6. The van der Waals surface area contributed by atoms with E-state index in [4.69, 9.17) is 31.5 Å². The molecule has 0 atom stereocenters. The number of amidine groups is 1. The molecule has 0 unspecified atom stereocenters. The lowest BCUT2D eigenvalue weighted by Gasteiger charge is -2.00. The standard InChI is InChI=1S/C6H9ClN4O3.C5H11N3O3/c1-13-3-2-8-6-4(5(7)9-12)10-14-11-6;1-10-3-2-6-5-4-8(9)11-7-5/h12H,2-3H2,1H3,(H,8,11);9H,2-4H2,1H3,(H,6,7). The van der Waals surface area contributed by atoms with E-state index in [2.05, 4.69) is 40.8 Å². The number of oxime groups is 1. The lowest BCUT2D eigenvalue weighted by Crippen LogP contribution is -2.16. The molecule has 0 spiro atoms. The number of hydrogen-bond donors (Lipinski definition) is 4. The average molecular weight is 382 g/mol. The number of nitrogens with zero attached hydrogens (tertiary/aromatic N) is 5. The second-order valence-electron chi connectivity index (χ2n) is 4.30. The van der Waals surface area contributed by atoms with Crippen LogP contribution in [0.25, 0.3) is 0 Å². The highest BCUT2D eigenvalue weighted by Crippen LogP contribution is 2.12. The molecule has 0 amide bonds. The van der Waals surface area contributed by atoms with Crippen LogP contribution in [0.4, 0.5) is 5.82 Å². The third-order valence-electron chi connectivity index (χ3n) is 2.52. The van der Waals surface area contributed by atoms with Gasteiger partial charge in [-0.1, -0.05) is 16.8 Å². The number of hydrogen-bond acceptors (Lipinski definition) is 12. The lowest BCUT2D eigenvalue weighted by molar-refractivity contribution is -0.332. The Balaban J connectivity index is 0.000000257. The lowest BCUT2D eigenvalue weighted by atomic mass is 10.4. The van der Waals surface area contributed by atoms with Crippen molar-refractivity contribution in [3.8, 4) is 0 Å². The maximum absolute atomic E-state index is 8.69. The molecule has 0 radical (unpaired) electrons. The minimum Gasteiger partial charge on any atom is -0.410 e. The van der Waals surface area contributed by atoms with Gasteiger partial charge in [-0.25, -0.2) is 10.1 Å². The summed E-state index contributed by atoms with van der Waals surface area (Å²) in [6, 6.07) is 0. The molecule has 0 saturated carbocycles. The van der Waals surface area contributed by atoms with Gasteiger partial charge in [-0.15, -0.1) is 0 Å². The third-order valence-corrected chi connectivity index (χ3v) is 2.78. The van der Waals surface area contributed by atoms with Gasteiger partial charge in [-0.3, -0.25) is 10.2 Å². The molecule has 0 aromatic carbocycles. The summed E-state index contributed by atoms with van der Waals surface area (Å²) >= 11 is 5.52. The fraction of sp³-hybridized carbons (Fsp3) is 0.636. The molecule has 1 fully saturated rings. The first kappa shape index (κ1) is 21.0. The van der Waals surface area contributed by atoms with Gasteiger partial charge in [-0.05, 0) is 15.5 Å². The van der Waals surface area contributed by atoms with Crippen LogP contribution >= 0.6 is 11.6 Å². The van der Waals surface area contributed by atoms with Crippen molar-refractivity contribution in [1.82, 2.24) is 21.0 Å². The summed E-state index contributed by atoms with van der Waals surface area (Å²) < 4.78 is 14.0. The van der Waals surface area contributed by atoms with Gasteiger partial charge in [0, 0.05) is 20.8 Å². The number of ether oxygens (including phenoxy) is 2. The van der Waals surface area contributed by atoms with Gasteiger partial charge in [0.05, 0.1) is 19.8 Å². The highest BCUT2D eigenvalue weighted by Gasteiger charge is 2.15. The number of aromatic nitrogens is 2. The zero-order valence-electron chi connectivity index (χ0n) is 13.7. The van der Waals surface area contributed by atoms with Crippen LogP contribution in [0.15, 0.2) is 14.8 Å². The predicted molar refractivity (Wildman–Crippen MR) is 85.7 cm³/mol. The van der Waals surface area contributed by atoms with Gasteiger partial charge in [0.1, 0.15) is 12.4 Å². The molecule has 2 heterocycles. The first-order valence-electron chi connectivity index (χ1n) is 6.97. The zero-order chi connectivity index (χ0) is 18.5. The zero-order valence-corrected chi connectivity index (χ0v) is 14.4. The van der Waals surface area contributed by atoms with Crippen molar-refractivity contribution in [2.24, 2.45) is 10.1 Å². The summed E-state index contributed by atoms with van der Waals surface area (Å²) in [4.78, 5) is 8.48. The Morgan fingerprint density at radius 3 is 2.76 bits per heavy atom. The van der Waals surface area contributed by atoms with E-state index in [0.29, 0.717) is 43.2 Å². The van der Waals surface area contributed by atoms with Crippen LogP contribution in [0.2, 0.25) is 0 Å². The second kappa shape index (κ2) is 12.3. The Kier molecular flexibility index (Phi) is 10.4. The molecule has 13 nitrogen and oxygen atoms in total. The molecule has 2 rings (SSSR count). The SMILES string of the molecule is COCCN=C1CN(O)ON1.COCCNc1nonc1C(Cl)=NO. The van der Waals surface area contributed by atoms with Crippen molar-refractivity contribution >= 4 is 28.4 Å². The molecule has 1 aliphatic heterocycles.